The third kappa shape index (κ3) is 3.72. The monoisotopic (exact) mass is 257 g/mol. The molecule has 0 aliphatic heterocycles. The van der Waals surface area contributed by atoms with Crippen LogP contribution in [0.2, 0.25) is 5.02 Å². The highest BCUT2D eigenvalue weighted by molar-refractivity contribution is 6.30. The van der Waals surface area contributed by atoms with Gasteiger partial charge in [-0.25, -0.2) is 4.79 Å². The summed E-state index contributed by atoms with van der Waals surface area (Å²) in [5.41, 5.74) is 5.63. The first-order valence-electron chi connectivity index (χ1n) is 4.86. The topological polar surface area (TPSA) is 89.6 Å². The van der Waals surface area contributed by atoms with Crippen LogP contribution in [0.3, 0.4) is 0 Å². The Kier molecular flexibility index (Phi) is 4.48. The molecule has 0 heterocycles. The van der Waals surface area contributed by atoms with Crippen LogP contribution in [-0.2, 0) is 14.3 Å². The quantitative estimate of drug-likeness (QED) is 0.795. The molecule has 2 atom stereocenters. The van der Waals surface area contributed by atoms with Crippen LogP contribution in [0.25, 0.3) is 0 Å². The van der Waals surface area contributed by atoms with Crippen molar-refractivity contribution in [1.82, 2.24) is 0 Å². The molecule has 1 aromatic carbocycles. The number of rotatable bonds is 4. The number of esters is 1. The second kappa shape index (κ2) is 5.65. The van der Waals surface area contributed by atoms with Crippen molar-refractivity contribution in [3.8, 4) is 0 Å². The lowest BCUT2D eigenvalue weighted by molar-refractivity contribution is -0.165. The Labute approximate surface area is 103 Å². The highest BCUT2D eigenvalue weighted by Gasteiger charge is 2.25. The lowest BCUT2D eigenvalue weighted by Gasteiger charge is -2.15. The van der Waals surface area contributed by atoms with Crippen molar-refractivity contribution in [3.63, 3.8) is 0 Å². The number of carboxylic acid groups (broad SMARTS) is 1. The summed E-state index contributed by atoms with van der Waals surface area (Å²) in [5.74, 6) is -2.03. The maximum atomic E-state index is 11.3. The molecule has 1 unspecified atom stereocenters. The molecule has 0 spiro atoms. The van der Waals surface area contributed by atoms with Gasteiger partial charge in [-0.2, -0.15) is 0 Å². The summed E-state index contributed by atoms with van der Waals surface area (Å²) in [6.07, 6.45) is -1.37. The second-order valence-electron chi connectivity index (χ2n) is 3.50. The number of ether oxygens (including phenoxy) is 1. The van der Waals surface area contributed by atoms with Gasteiger partial charge in [0.1, 0.15) is 6.04 Å². The number of aliphatic carboxylic acids is 1. The van der Waals surface area contributed by atoms with Crippen LogP contribution >= 0.6 is 11.6 Å². The van der Waals surface area contributed by atoms with Gasteiger partial charge in [0.05, 0.1) is 0 Å². The average Bonchev–Trinajstić information content (AvgIpc) is 2.26. The third-order valence-corrected chi connectivity index (χ3v) is 2.25. The molecule has 0 radical (unpaired) electrons. The Morgan fingerprint density at radius 1 is 1.35 bits per heavy atom. The van der Waals surface area contributed by atoms with Crippen LogP contribution in [0.15, 0.2) is 24.3 Å². The molecule has 1 aromatic rings. The molecule has 0 fully saturated rings. The summed E-state index contributed by atoms with van der Waals surface area (Å²) in [6.45, 7) is 1.42. The molecule has 0 aliphatic carbocycles. The van der Waals surface area contributed by atoms with E-state index < -0.39 is 24.1 Å². The lowest BCUT2D eigenvalue weighted by atomic mass is 10.1. The van der Waals surface area contributed by atoms with Gasteiger partial charge in [0.2, 0.25) is 6.10 Å². The fourth-order valence-corrected chi connectivity index (χ4v) is 1.25. The molecule has 0 aromatic heterocycles. The zero-order valence-corrected chi connectivity index (χ0v) is 9.85. The minimum Gasteiger partial charge on any atom is -0.478 e. The Hall–Kier alpha value is -1.59. The maximum absolute atomic E-state index is 11.3. The third-order valence-electron chi connectivity index (χ3n) is 2.00. The molecule has 0 saturated heterocycles. The van der Waals surface area contributed by atoms with E-state index in [-0.39, 0.29) is 0 Å². The SMILES string of the molecule is C[C@H](N)C(=O)OC(C(=O)O)c1ccc(Cl)cc1. The molecule has 0 saturated carbocycles. The van der Waals surface area contributed by atoms with Crippen molar-refractivity contribution in [2.24, 2.45) is 5.73 Å². The standard InChI is InChI=1S/C11H12ClNO4/c1-6(13)11(16)17-9(10(14)15)7-2-4-8(12)5-3-7/h2-6,9H,13H2,1H3,(H,14,15)/t6-,9?/m0/s1. The molecule has 0 bridgehead atoms. The number of nitrogens with two attached hydrogens (primary N) is 1. The number of benzene rings is 1. The van der Waals surface area contributed by atoms with Crippen LogP contribution in [0.4, 0.5) is 0 Å². The summed E-state index contributed by atoms with van der Waals surface area (Å²) in [5, 5.41) is 9.44. The van der Waals surface area contributed by atoms with Gasteiger partial charge >= 0.3 is 11.9 Å². The van der Waals surface area contributed by atoms with Gasteiger partial charge in [0.25, 0.3) is 0 Å². The van der Waals surface area contributed by atoms with E-state index in [1.165, 1.54) is 31.2 Å². The average molecular weight is 258 g/mol. The highest BCUT2D eigenvalue weighted by Crippen LogP contribution is 2.20. The summed E-state index contributed by atoms with van der Waals surface area (Å²) in [6, 6.07) is 5.13. The van der Waals surface area contributed by atoms with E-state index in [4.69, 9.17) is 27.2 Å². The Bertz CT molecular complexity index is 416. The maximum Gasteiger partial charge on any atom is 0.349 e. The van der Waals surface area contributed by atoms with Crippen molar-refractivity contribution in [3.05, 3.63) is 34.9 Å². The van der Waals surface area contributed by atoms with Gasteiger partial charge < -0.3 is 15.6 Å². The molecular formula is C11H12ClNO4. The molecular weight excluding hydrogens is 246 g/mol. The van der Waals surface area contributed by atoms with E-state index in [9.17, 15) is 9.59 Å². The predicted molar refractivity (Wildman–Crippen MR) is 61.6 cm³/mol. The van der Waals surface area contributed by atoms with E-state index in [0.29, 0.717) is 10.6 Å². The van der Waals surface area contributed by atoms with Crippen LogP contribution in [-0.4, -0.2) is 23.1 Å². The van der Waals surface area contributed by atoms with E-state index in [2.05, 4.69) is 0 Å². The smallest absolute Gasteiger partial charge is 0.349 e. The van der Waals surface area contributed by atoms with Crippen molar-refractivity contribution in [2.45, 2.75) is 19.1 Å². The summed E-state index contributed by atoms with van der Waals surface area (Å²) in [4.78, 5) is 22.3. The second-order valence-corrected chi connectivity index (χ2v) is 3.93. The van der Waals surface area contributed by atoms with E-state index in [1.807, 2.05) is 0 Å². The van der Waals surface area contributed by atoms with Crippen LogP contribution < -0.4 is 5.73 Å². The normalized spacial score (nSPS) is 13.8. The number of carbonyl (C=O) groups is 2. The van der Waals surface area contributed by atoms with Gasteiger partial charge in [0, 0.05) is 10.6 Å². The zero-order valence-electron chi connectivity index (χ0n) is 9.09. The predicted octanol–water partition coefficient (Wildman–Crippen LogP) is 1.36. The Morgan fingerprint density at radius 3 is 2.29 bits per heavy atom. The molecule has 0 amide bonds. The summed E-state index contributed by atoms with van der Waals surface area (Å²) >= 11 is 5.68. The van der Waals surface area contributed by atoms with E-state index in [0.717, 1.165) is 0 Å². The minimum atomic E-state index is -1.37. The van der Waals surface area contributed by atoms with Gasteiger partial charge in [-0.3, -0.25) is 4.79 Å². The lowest BCUT2D eigenvalue weighted by Crippen LogP contribution is -2.31. The van der Waals surface area contributed by atoms with Crippen LogP contribution in [0.5, 0.6) is 0 Å². The van der Waals surface area contributed by atoms with Crippen molar-refractivity contribution >= 4 is 23.5 Å². The number of carboxylic acids is 1. The van der Waals surface area contributed by atoms with Crippen molar-refractivity contribution in [2.75, 3.05) is 0 Å². The first kappa shape index (κ1) is 13.5. The fraction of sp³-hybridized carbons (Fsp3) is 0.273. The van der Waals surface area contributed by atoms with Gasteiger partial charge in [-0.05, 0) is 19.1 Å². The number of hydrogen-bond donors (Lipinski definition) is 2. The Morgan fingerprint density at radius 2 is 1.88 bits per heavy atom. The largest absolute Gasteiger partial charge is 0.478 e. The molecule has 5 nitrogen and oxygen atoms in total. The molecule has 3 N–H and O–H groups in total. The number of halogens is 1. The van der Waals surface area contributed by atoms with Crippen molar-refractivity contribution in [1.29, 1.82) is 0 Å². The van der Waals surface area contributed by atoms with Gasteiger partial charge in [0.15, 0.2) is 0 Å². The molecule has 92 valence electrons. The minimum absolute atomic E-state index is 0.330. The number of carbonyl (C=O) groups excluding carboxylic acids is 1. The summed E-state index contributed by atoms with van der Waals surface area (Å²) < 4.78 is 4.79. The van der Waals surface area contributed by atoms with E-state index in [1.54, 1.807) is 0 Å². The van der Waals surface area contributed by atoms with Crippen LogP contribution in [0.1, 0.15) is 18.6 Å². The number of hydrogen-bond acceptors (Lipinski definition) is 4. The van der Waals surface area contributed by atoms with Gasteiger partial charge in [-0.1, -0.05) is 23.7 Å². The molecule has 17 heavy (non-hydrogen) atoms. The zero-order chi connectivity index (χ0) is 13.0. The highest BCUT2D eigenvalue weighted by atomic mass is 35.5. The summed E-state index contributed by atoms with van der Waals surface area (Å²) in [7, 11) is 0. The molecule has 6 heteroatoms. The van der Waals surface area contributed by atoms with E-state index >= 15 is 0 Å². The molecule has 1 rings (SSSR count). The fourth-order valence-electron chi connectivity index (χ4n) is 1.12. The molecule has 0 aliphatic rings. The first-order valence-corrected chi connectivity index (χ1v) is 5.24. The van der Waals surface area contributed by atoms with Gasteiger partial charge in [-0.15, -0.1) is 0 Å². The van der Waals surface area contributed by atoms with Crippen LogP contribution in [0, 0.1) is 0 Å². The van der Waals surface area contributed by atoms with Crippen molar-refractivity contribution < 1.29 is 19.4 Å². The first-order chi connectivity index (χ1) is 7.91. The Balaban J connectivity index is 2.90.